The molecule has 82 valence electrons. The van der Waals surface area contributed by atoms with E-state index in [1.165, 1.54) is 45.1 Å². The van der Waals surface area contributed by atoms with Crippen LogP contribution in [0.25, 0.3) is 0 Å². The molecule has 1 unspecified atom stereocenters. The van der Waals surface area contributed by atoms with Crippen LogP contribution in [0.5, 0.6) is 0 Å². The lowest BCUT2D eigenvalue weighted by Crippen LogP contribution is -2.25. The highest BCUT2D eigenvalue weighted by Gasteiger charge is 2.23. The molecular formula is C13H19NS. The summed E-state index contributed by atoms with van der Waals surface area (Å²) in [6, 6.07) is 2.99. The van der Waals surface area contributed by atoms with E-state index < -0.39 is 0 Å². The molecular weight excluding hydrogens is 202 g/mol. The lowest BCUT2D eigenvalue weighted by atomic mass is 9.94. The van der Waals surface area contributed by atoms with Gasteiger partial charge in [0.25, 0.3) is 0 Å². The zero-order chi connectivity index (χ0) is 10.1. The van der Waals surface area contributed by atoms with Crippen molar-refractivity contribution < 1.29 is 0 Å². The van der Waals surface area contributed by atoms with Crippen LogP contribution in [0.1, 0.15) is 48.6 Å². The summed E-state index contributed by atoms with van der Waals surface area (Å²) in [6.45, 7) is 1.23. The molecule has 1 saturated carbocycles. The van der Waals surface area contributed by atoms with Gasteiger partial charge in [-0.2, -0.15) is 0 Å². The Hall–Kier alpha value is -0.340. The van der Waals surface area contributed by atoms with Crippen LogP contribution in [0.3, 0.4) is 0 Å². The molecule has 3 rings (SSSR count). The van der Waals surface area contributed by atoms with Gasteiger partial charge in [-0.25, -0.2) is 0 Å². The topological polar surface area (TPSA) is 12.0 Å². The van der Waals surface area contributed by atoms with Gasteiger partial charge in [0, 0.05) is 10.9 Å². The number of hydrogen-bond donors (Lipinski definition) is 1. The number of nitrogens with one attached hydrogen (secondary N) is 1. The SMILES string of the molecule is c1cc2c(s1)CCCC2NCCC1CC1. The lowest BCUT2D eigenvalue weighted by Gasteiger charge is -2.23. The third-order valence-electron chi connectivity index (χ3n) is 3.69. The van der Waals surface area contributed by atoms with Gasteiger partial charge >= 0.3 is 0 Å². The maximum absolute atomic E-state index is 3.74. The zero-order valence-corrected chi connectivity index (χ0v) is 9.98. The minimum Gasteiger partial charge on any atom is -0.310 e. The van der Waals surface area contributed by atoms with Crippen LogP contribution in [0, 0.1) is 5.92 Å². The van der Waals surface area contributed by atoms with Crippen molar-refractivity contribution in [2.45, 2.75) is 44.6 Å². The molecule has 1 heterocycles. The fourth-order valence-corrected chi connectivity index (χ4v) is 3.55. The van der Waals surface area contributed by atoms with Crippen LogP contribution in [-0.2, 0) is 6.42 Å². The first-order valence-corrected chi connectivity index (χ1v) is 7.11. The van der Waals surface area contributed by atoms with E-state index >= 15 is 0 Å². The van der Waals surface area contributed by atoms with Crippen molar-refractivity contribution in [3.8, 4) is 0 Å². The molecule has 1 atom stereocenters. The first-order chi connectivity index (χ1) is 7.43. The van der Waals surface area contributed by atoms with Crippen LogP contribution in [0.4, 0.5) is 0 Å². The second-order valence-electron chi connectivity index (χ2n) is 4.93. The van der Waals surface area contributed by atoms with E-state index in [4.69, 9.17) is 0 Å². The smallest absolute Gasteiger partial charge is 0.0331 e. The van der Waals surface area contributed by atoms with Crippen molar-refractivity contribution >= 4 is 11.3 Å². The summed E-state index contributed by atoms with van der Waals surface area (Å²) < 4.78 is 0. The molecule has 15 heavy (non-hydrogen) atoms. The average Bonchev–Trinajstić information content (AvgIpc) is 2.95. The second-order valence-corrected chi connectivity index (χ2v) is 5.93. The highest BCUT2D eigenvalue weighted by atomic mass is 32.1. The predicted molar refractivity (Wildman–Crippen MR) is 65.3 cm³/mol. The van der Waals surface area contributed by atoms with Crippen LogP contribution in [0.2, 0.25) is 0 Å². The zero-order valence-electron chi connectivity index (χ0n) is 9.17. The first kappa shape index (κ1) is 9.86. The Balaban J connectivity index is 1.57. The monoisotopic (exact) mass is 221 g/mol. The summed E-state index contributed by atoms with van der Waals surface area (Å²) in [6.07, 6.45) is 8.39. The van der Waals surface area contributed by atoms with Crippen LogP contribution in [-0.4, -0.2) is 6.54 Å². The van der Waals surface area contributed by atoms with E-state index in [0.29, 0.717) is 6.04 Å². The Labute approximate surface area is 95.9 Å². The Bertz CT molecular complexity index is 327. The minimum atomic E-state index is 0.666. The van der Waals surface area contributed by atoms with Crippen molar-refractivity contribution in [1.29, 1.82) is 0 Å². The molecule has 2 aliphatic carbocycles. The van der Waals surface area contributed by atoms with Gasteiger partial charge in [0.05, 0.1) is 0 Å². The molecule has 2 aliphatic rings. The standard InChI is InChI=1S/C13H19NS/c1-2-12(14-8-6-10-4-5-10)11-7-9-15-13(11)3-1/h7,9-10,12,14H,1-6,8H2. The highest BCUT2D eigenvalue weighted by Crippen LogP contribution is 2.34. The van der Waals surface area contributed by atoms with E-state index in [9.17, 15) is 0 Å². The van der Waals surface area contributed by atoms with Gasteiger partial charge in [-0.05, 0) is 55.2 Å². The molecule has 0 saturated heterocycles. The van der Waals surface area contributed by atoms with Gasteiger partial charge in [-0.1, -0.05) is 12.8 Å². The Morgan fingerprint density at radius 1 is 1.33 bits per heavy atom. The van der Waals surface area contributed by atoms with E-state index in [1.54, 1.807) is 10.4 Å². The lowest BCUT2D eigenvalue weighted by molar-refractivity contribution is 0.452. The summed E-state index contributed by atoms with van der Waals surface area (Å²) in [5.74, 6) is 1.06. The number of rotatable bonds is 4. The molecule has 0 aromatic carbocycles. The first-order valence-electron chi connectivity index (χ1n) is 6.23. The number of fused-ring (bicyclic) bond motifs is 1. The fraction of sp³-hybridized carbons (Fsp3) is 0.692. The van der Waals surface area contributed by atoms with Crippen LogP contribution in [0.15, 0.2) is 11.4 Å². The van der Waals surface area contributed by atoms with Gasteiger partial charge in [0.15, 0.2) is 0 Å². The average molecular weight is 221 g/mol. The Morgan fingerprint density at radius 3 is 3.13 bits per heavy atom. The molecule has 1 N–H and O–H groups in total. The number of aryl methyl sites for hydroxylation is 1. The van der Waals surface area contributed by atoms with Crippen LogP contribution >= 0.6 is 11.3 Å². The van der Waals surface area contributed by atoms with Crippen molar-refractivity contribution in [1.82, 2.24) is 5.32 Å². The largest absolute Gasteiger partial charge is 0.310 e. The van der Waals surface area contributed by atoms with Gasteiger partial charge < -0.3 is 5.32 Å². The maximum Gasteiger partial charge on any atom is 0.0331 e. The minimum absolute atomic E-state index is 0.666. The molecule has 1 fully saturated rings. The number of thiophene rings is 1. The van der Waals surface area contributed by atoms with E-state index in [0.717, 1.165) is 5.92 Å². The van der Waals surface area contributed by atoms with E-state index in [-0.39, 0.29) is 0 Å². The number of hydrogen-bond acceptors (Lipinski definition) is 2. The van der Waals surface area contributed by atoms with Crippen molar-refractivity contribution in [3.63, 3.8) is 0 Å². The molecule has 0 aliphatic heterocycles. The molecule has 1 nitrogen and oxygen atoms in total. The van der Waals surface area contributed by atoms with Gasteiger partial charge in [-0.15, -0.1) is 11.3 Å². The van der Waals surface area contributed by atoms with Crippen LogP contribution < -0.4 is 5.32 Å². The van der Waals surface area contributed by atoms with E-state index in [2.05, 4.69) is 16.8 Å². The third kappa shape index (κ3) is 2.26. The summed E-state index contributed by atoms with van der Waals surface area (Å²) in [5, 5.41) is 6.00. The summed E-state index contributed by atoms with van der Waals surface area (Å²) in [4.78, 5) is 1.63. The summed E-state index contributed by atoms with van der Waals surface area (Å²) >= 11 is 1.94. The molecule has 1 aromatic heterocycles. The van der Waals surface area contributed by atoms with Crippen molar-refractivity contribution in [3.05, 3.63) is 21.9 Å². The van der Waals surface area contributed by atoms with Crippen molar-refractivity contribution in [2.24, 2.45) is 5.92 Å². The Kier molecular flexibility index (Phi) is 2.80. The Morgan fingerprint density at radius 2 is 2.27 bits per heavy atom. The quantitative estimate of drug-likeness (QED) is 0.820. The molecule has 0 radical (unpaired) electrons. The molecule has 1 aromatic rings. The molecule has 0 bridgehead atoms. The molecule has 0 spiro atoms. The summed E-state index contributed by atoms with van der Waals surface area (Å²) in [7, 11) is 0. The normalized spacial score (nSPS) is 25.2. The van der Waals surface area contributed by atoms with Gasteiger partial charge in [0.2, 0.25) is 0 Å². The van der Waals surface area contributed by atoms with Crippen molar-refractivity contribution in [2.75, 3.05) is 6.54 Å². The summed E-state index contributed by atoms with van der Waals surface area (Å²) in [5.41, 5.74) is 1.60. The van der Waals surface area contributed by atoms with Gasteiger partial charge in [-0.3, -0.25) is 0 Å². The third-order valence-corrected chi connectivity index (χ3v) is 4.69. The fourth-order valence-electron chi connectivity index (χ4n) is 2.57. The predicted octanol–water partition coefficient (Wildman–Crippen LogP) is 3.52. The van der Waals surface area contributed by atoms with E-state index in [1.807, 2.05) is 11.3 Å². The van der Waals surface area contributed by atoms with Gasteiger partial charge in [0.1, 0.15) is 0 Å². The molecule has 0 amide bonds. The second kappa shape index (κ2) is 4.26. The highest BCUT2D eigenvalue weighted by molar-refractivity contribution is 7.10. The maximum atomic E-state index is 3.74. The molecule has 2 heteroatoms.